The van der Waals surface area contributed by atoms with Gasteiger partial charge >= 0.3 is 0 Å². The molecule has 132 valence electrons. The van der Waals surface area contributed by atoms with E-state index in [0.29, 0.717) is 24.5 Å². The van der Waals surface area contributed by atoms with Gasteiger partial charge in [-0.25, -0.2) is 0 Å². The van der Waals surface area contributed by atoms with E-state index in [1.165, 1.54) is 18.2 Å². The van der Waals surface area contributed by atoms with Crippen molar-refractivity contribution in [3.05, 3.63) is 63.2 Å². The van der Waals surface area contributed by atoms with E-state index in [1.54, 1.807) is 24.3 Å². The van der Waals surface area contributed by atoms with Crippen LogP contribution in [0, 0.1) is 10.1 Å². The number of rotatable bonds is 8. The zero-order chi connectivity index (χ0) is 18.2. The third-order valence-electron chi connectivity index (χ3n) is 3.40. The van der Waals surface area contributed by atoms with E-state index in [1.807, 2.05) is 0 Å². The summed E-state index contributed by atoms with van der Waals surface area (Å²) in [6, 6.07) is 10.7. The molecule has 7 nitrogen and oxygen atoms in total. The SMILES string of the molecule is NCCCCOc1ccccc1C(=O)Nc1ccc([N+](=O)[O-])cc1Cl. The molecular weight excluding hydrogens is 346 g/mol. The number of nitro benzene ring substituents is 1. The molecule has 0 fully saturated rings. The predicted octanol–water partition coefficient (Wildman–Crippen LogP) is 3.62. The molecule has 2 aromatic rings. The van der Waals surface area contributed by atoms with Crippen LogP contribution < -0.4 is 15.8 Å². The lowest BCUT2D eigenvalue weighted by atomic mass is 10.1. The summed E-state index contributed by atoms with van der Waals surface area (Å²) >= 11 is 6.00. The average Bonchev–Trinajstić information content (AvgIpc) is 2.60. The van der Waals surface area contributed by atoms with E-state index >= 15 is 0 Å². The number of hydrogen-bond donors (Lipinski definition) is 2. The highest BCUT2D eigenvalue weighted by molar-refractivity contribution is 6.34. The lowest BCUT2D eigenvalue weighted by Crippen LogP contribution is -2.14. The molecule has 0 saturated heterocycles. The molecule has 0 aliphatic rings. The van der Waals surface area contributed by atoms with Crippen molar-refractivity contribution >= 4 is 28.9 Å². The Morgan fingerprint density at radius 1 is 1.24 bits per heavy atom. The minimum absolute atomic E-state index is 0.0869. The Morgan fingerprint density at radius 2 is 2.00 bits per heavy atom. The van der Waals surface area contributed by atoms with Crippen molar-refractivity contribution in [2.24, 2.45) is 5.73 Å². The number of unbranched alkanes of at least 4 members (excludes halogenated alkanes) is 1. The lowest BCUT2D eigenvalue weighted by molar-refractivity contribution is -0.384. The van der Waals surface area contributed by atoms with Crippen LogP contribution in [0.5, 0.6) is 5.75 Å². The zero-order valence-electron chi connectivity index (χ0n) is 13.4. The number of ether oxygens (including phenoxy) is 1. The summed E-state index contributed by atoms with van der Waals surface area (Å²) in [6.07, 6.45) is 1.63. The Balaban J connectivity index is 2.12. The maximum absolute atomic E-state index is 12.5. The van der Waals surface area contributed by atoms with Crippen LogP contribution in [0.3, 0.4) is 0 Å². The molecule has 0 unspecified atom stereocenters. The number of carbonyl (C=O) groups is 1. The molecule has 0 heterocycles. The van der Waals surface area contributed by atoms with Gasteiger partial charge in [0.25, 0.3) is 11.6 Å². The summed E-state index contributed by atoms with van der Waals surface area (Å²) < 4.78 is 5.64. The first-order valence-corrected chi connectivity index (χ1v) is 8.08. The van der Waals surface area contributed by atoms with Crippen molar-refractivity contribution in [1.82, 2.24) is 0 Å². The number of nitrogens with two attached hydrogens (primary N) is 1. The highest BCUT2D eigenvalue weighted by Crippen LogP contribution is 2.28. The molecule has 2 aromatic carbocycles. The molecule has 2 rings (SSSR count). The minimum atomic E-state index is -0.554. The molecule has 0 aliphatic heterocycles. The lowest BCUT2D eigenvalue weighted by Gasteiger charge is -2.12. The van der Waals surface area contributed by atoms with Gasteiger partial charge in [-0.3, -0.25) is 14.9 Å². The Kier molecular flexibility index (Phi) is 6.73. The number of nitrogens with one attached hydrogen (secondary N) is 1. The van der Waals surface area contributed by atoms with Gasteiger partial charge in [-0.05, 0) is 37.6 Å². The highest BCUT2D eigenvalue weighted by Gasteiger charge is 2.15. The van der Waals surface area contributed by atoms with Crippen LogP contribution in [0.4, 0.5) is 11.4 Å². The number of amides is 1. The third-order valence-corrected chi connectivity index (χ3v) is 3.71. The van der Waals surface area contributed by atoms with Gasteiger partial charge in [0.15, 0.2) is 0 Å². The summed E-state index contributed by atoms with van der Waals surface area (Å²) in [5, 5.41) is 13.5. The van der Waals surface area contributed by atoms with E-state index in [4.69, 9.17) is 22.1 Å². The van der Waals surface area contributed by atoms with Crippen LogP contribution in [0.25, 0.3) is 0 Å². The van der Waals surface area contributed by atoms with Crippen molar-refractivity contribution in [3.8, 4) is 5.75 Å². The van der Waals surface area contributed by atoms with Gasteiger partial charge in [-0.2, -0.15) is 0 Å². The molecule has 25 heavy (non-hydrogen) atoms. The van der Waals surface area contributed by atoms with E-state index in [-0.39, 0.29) is 16.4 Å². The number of hydrogen-bond acceptors (Lipinski definition) is 5. The first kappa shape index (κ1) is 18.7. The molecule has 3 N–H and O–H groups in total. The minimum Gasteiger partial charge on any atom is -0.493 e. The number of nitro groups is 1. The third kappa shape index (κ3) is 5.17. The maximum atomic E-state index is 12.5. The number of carbonyl (C=O) groups excluding carboxylic acids is 1. The normalized spacial score (nSPS) is 10.3. The van der Waals surface area contributed by atoms with Crippen molar-refractivity contribution in [1.29, 1.82) is 0 Å². The van der Waals surface area contributed by atoms with Gasteiger partial charge < -0.3 is 15.8 Å². The molecule has 0 spiro atoms. The average molecular weight is 364 g/mol. The maximum Gasteiger partial charge on any atom is 0.271 e. The van der Waals surface area contributed by atoms with Gasteiger partial charge in [0.05, 0.1) is 27.8 Å². The summed E-state index contributed by atoms with van der Waals surface area (Å²) in [6.45, 7) is 1.05. The van der Waals surface area contributed by atoms with Crippen LogP contribution >= 0.6 is 11.6 Å². The molecule has 0 radical (unpaired) electrons. The number of halogens is 1. The highest BCUT2D eigenvalue weighted by atomic mass is 35.5. The summed E-state index contributed by atoms with van der Waals surface area (Å²) in [5.41, 5.74) is 5.93. The topological polar surface area (TPSA) is 107 Å². The van der Waals surface area contributed by atoms with Crippen molar-refractivity contribution in [3.63, 3.8) is 0 Å². The number of para-hydroxylation sites is 1. The number of anilines is 1. The molecule has 0 atom stereocenters. The largest absolute Gasteiger partial charge is 0.493 e. The van der Waals surface area contributed by atoms with Crippen LogP contribution in [-0.2, 0) is 0 Å². The van der Waals surface area contributed by atoms with E-state index in [2.05, 4.69) is 5.32 Å². The first-order valence-electron chi connectivity index (χ1n) is 7.70. The van der Waals surface area contributed by atoms with Crippen LogP contribution in [0.1, 0.15) is 23.2 Å². The molecular formula is C17H18ClN3O4. The fourth-order valence-electron chi connectivity index (χ4n) is 2.12. The molecule has 0 aromatic heterocycles. The Bertz CT molecular complexity index is 767. The molecule has 0 saturated carbocycles. The van der Waals surface area contributed by atoms with Crippen LogP contribution in [0.15, 0.2) is 42.5 Å². The van der Waals surface area contributed by atoms with E-state index in [9.17, 15) is 14.9 Å². The smallest absolute Gasteiger partial charge is 0.271 e. The quantitative estimate of drug-likeness (QED) is 0.423. The van der Waals surface area contributed by atoms with Gasteiger partial charge in [-0.1, -0.05) is 23.7 Å². The number of non-ortho nitro benzene ring substituents is 1. The second kappa shape index (κ2) is 9.00. The Hall–Kier alpha value is -2.64. The van der Waals surface area contributed by atoms with Gasteiger partial charge in [0, 0.05) is 12.1 Å². The van der Waals surface area contributed by atoms with Crippen LogP contribution in [-0.4, -0.2) is 24.0 Å². The fraction of sp³-hybridized carbons (Fsp3) is 0.235. The molecule has 8 heteroatoms. The van der Waals surface area contributed by atoms with Crippen molar-refractivity contribution in [2.45, 2.75) is 12.8 Å². The fourth-order valence-corrected chi connectivity index (χ4v) is 2.34. The monoisotopic (exact) mass is 363 g/mol. The molecule has 0 bridgehead atoms. The predicted molar refractivity (Wildman–Crippen MR) is 96.3 cm³/mol. The van der Waals surface area contributed by atoms with E-state index in [0.717, 1.165) is 12.8 Å². The molecule has 1 amide bonds. The summed E-state index contributed by atoms with van der Waals surface area (Å²) in [7, 11) is 0. The summed E-state index contributed by atoms with van der Waals surface area (Å²) in [5.74, 6) is 0.0419. The Labute approximate surface area is 149 Å². The van der Waals surface area contributed by atoms with Gasteiger partial charge in [0.1, 0.15) is 5.75 Å². The number of benzene rings is 2. The zero-order valence-corrected chi connectivity index (χ0v) is 14.2. The summed E-state index contributed by atoms with van der Waals surface area (Å²) in [4.78, 5) is 22.7. The number of nitrogens with zero attached hydrogens (tertiary/aromatic N) is 1. The Morgan fingerprint density at radius 3 is 2.68 bits per heavy atom. The second-order valence-electron chi connectivity index (χ2n) is 5.22. The second-order valence-corrected chi connectivity index (χ2v) is 5.62. The molecule has 0 aliphatic carbocycles. The van der Waals surface area contributed by atoms with Crippen molar-refractivity contribution < 1.29 is 14.5 Å². The van der Waals surface area contributed by atoms with Gasteiger partial charge in [0.2, 0.25) is 0 Å². The van der Waals surface area contributed by atoms with E-state index < -0.39 is 10.8 Å². The first-order chi connectivity index (χ1) is 12.0. The van der Waals surface area contributed by atoms with Crippen LogP contribution in [0.2, 0.25) is 5.02 Å². The standard InChI is InChI=1S/C17H18ClN3O4/c18-14-11-12(21(23)24)7-8-15(14)20-17(22)13-5-1-2-6-16(13)25-10-4-3-9-19/h1-2,5-8,11H,3-4,9-10,19H2,(H,20,22). The van der Waals surface area contributed by atoms with Gasteiger partial charge in [-0.15, -0.1) is 0 Å². The van der Waals surface area contributed by atoms with Crippen molar-refractivity contribution in [2.75, 3.05) is 18.5 Å².